The van der Waals surface area contributed by atoms with Crippen molar-refractivity contribution in [1.82, 2.24) is 4.98 Å². The molecule has 114 valence electrons. The molecule has 0 atom stereocenters. The molecule has 1 heterocycles. The van der Waals surface area contributed by atoms with E-state index < -0.39 is 11.7 Å². The fraction of sp³-hybridized carbons (Fsp3) is 0.643. The van der Waals surface area contributed by atoms with Crippen LogP contribution in [0, 0.1) is 0 Å². The molecule has 0 saturated carbocycles. The molecule has 1 aromatic heterocycles. The van der Waals surface area contributed by atoms with E-state index in [-0.39, 0.29) is 11.0 Å². The predicted octanol–water partition coefficient (Wildman–Crippen LogP) is 5.49. The number of pyridine rings is 1. The minimum atomic E-state index is -4.44. The van der Waals surface area contributed by atoms with E-state index in [1.54, 1.807) is 0 Å². The molecule has 0 aromatic carbocycles. The molecule has 6 heteroatoms. The molecule has 0 aliphatic carbocycles. The van der Waals surface area contributed by atoms with Gasteiger partial charge in [-0.1, -0.05) is 50.6 Å². The normalized spacial score (nSPS) is 11.7. The maximum atomic E-state index is 12.6. The van der Waals surface area contributed by atoms with Gasteiger partial charge in [0.2, 0.25) is 5.88 Å². The Hall–Kier alpha value is -0.970. The number of aromatic nitrogens is 1. The first-order valence-corrected chi connectivity index (χ1v) is 7.19. The quantitative estimate of drug-likeness (QED) is 0.467. The summed E-state index contributed by atoms with van der Waals surface area (Å²) < 4.78 is 42.9. The highest BCUT2D eigenvalue weighted by molar-refractivity contribution is 6.29. The van der Waals surface area contributed by atoms with Gasteiger partial charge < -0.3 is 4.74 Å². The number of nitrogens with zero attached hydrogens (tertiary/aromatic N) is 1. The number of hydrogen-bond donors (Lipinski definition) is 0. The topological polar surface area (TPSA) is 22.1 Å². The maximum absolute atomic E-state index is 12.6. The zero-order valence-corrected chi connectivity index (χ0v) is 12.2. The minimum Gasteiger partial charge on any atom is -0.478 e. The Morgan fingerprint density at radius 1 is 1.10 bits per heavy atom. The van der Waals surface area contributed by atoms with Crippen molar-refractivity contribution in [2.24, 2.45) is 0 Å². The number of hydrogen-bond acceptors (Lipinski definition) is 2. The number of rotatable bonds is 8. The van der Waals surface area contributed by atoms with Crippen LogP contribution in [-0.2, 0) is 6.18 Å². The van der Waals surface area contributed by atoms with Crippen molar-refractivity contribution in [3.8, 4) is 5.88 Å². The number of alkyl halides is 3. The highest BCUT2D eigenvalue weighted by atomic mass is 35.5. The molecule has 0 saturated heterocycles. The monoisotopic (exact) mass is 309 g/mol. The molecule has 0 unspecified atom stereocenters. The number of unbranched alkanes of at least 4 members (excludes halogenated alkanes) is 5. The van der Waals surface area contributed by atoms with Crippen LogP contribution < -0.4 is 4.74 Å². The van der Waals surface area contributed by atoms with Gasteiger partial charge in [-0.05, 0) is 12.5 Å². The second-order valence-corrected chi connectivity index (χ2v) is 5.02. The SMILES string of the molecule is CCCCCCCCOc1cc(C(F)(F)F)cc(Cl)n1. The van der Waals surface area contributed by atoms with E-state index in [0.29, 0.717) is 6.61 Å². The third-order valence-corrected chi connectivity index (χ3v) is 3.04. The zero-order chi connectivity index (χ0) is 15.0. The van der Waals surface area contributed by atoms with Crippen LogP contribution in [-0.4, -0.2) is 11.6 Å². The molecule has 0 fully saturated rings. The summed E-state index contributed by atoms with van der Waals surface area (Å²) in [7, 11) is 0. The third kappa shape index (κ3) is 6.46. The zero-order valence-electron chi connectivity index (χ0n) is 11.5. The molecule has 0 radical (unpaired) electrons. The Morgan fingerprint density at radius 3 is 2.40 bits per heavy atom. The van der Waals surface area contributed by atoms with Gasteiger partial charge in [0, 0.05) is 6.07 Å². The molecule has 0 N–H and O–H groups in total. The lowest BCUT2D eigenvalue weighted by Gasteiger charge is -2.10. The van der Waals surface area contributed by atoms with Crippen LogP contribution in [0.4, 0.5) is 13.2 Å². The smallest absolute Gasteiger partial charge is 0.416 e. The highest BCUT2D eigenvalue weighted by Crippen LogP contribution is 2.32. The van der Waals surface area contributed by atoms with Crippen molar-refractivity contribution in [2.45, 2.75) is 51.6 Å². The highest BCUT2D eigenvalue weighted by Gasteiger charge is 2.31. The summed E-state index contributed by atoms with van der Waals surface area (Å²) in [6.45, 7) is 2.50. The van der Waals surface area contributed by atoms with Crippen molar-refractivity contribution < 1.29 is 17.9 Å². The number of halogens is 4. The molecule has 1 rings (SSSR count). The van der Waals surface area contributed by atoms with E-state index in [0.717, 1.165) is 31.4 Å². The van der Waals surface area contributed by atoms with Crippen molar-refractivity contribution in [2.75, 3.05) is 6.61 Å². The molecule has 0 aliphatic rings. The molecule has 2 nitrogen and oxygen atoms in total. The van der Waals surface area contributed by atoms with Crippen LogP contribution >= 0.6 is 11.6 Å². The molecular weight excluding hydrogens is 291 g/mol. The summed E-state index contributed by atoms with van der Waals surface area (Å²) in [5.74, 6) is -0.0709. The van der Waals surface area contributed by atoms with Crippen molar-refractivity contribution >= 4 is 11.6 Å². The summed E-state index contributed by atoms with van der Waals surface area (Å²) in [5, 5.41) is -0.210. The largest absolute Gasteiger partial charge is 0.478 e. The lowest BCUT2D eigenvalue weighted by atomic mass is 10.1. The van der Waals surface area contributed by atoms with Gasteiger partial charge in [-0.25, -0.2) is 4.98 Å². The minimum absolute atomic E-state index is 0.0709. The van der Waals surface area contributed by atoms with E-state index in [2.05, 4.69) is 11.9 Å². The first kappa shape index (κ1) is 17.1. The van der Waals surface area contributed by atoms with Gasteiger partial charge >= 0.3 is 6.18 Å². The first-order valence-electron chi connectivity index (χ1n) is 6.81. The van der Waals surface area contributed by atoms with Crippen molar-refractivity contribution in [3.63, 3.8) is 0 Å². The standard InChI is InChI=1S/C14H19ClF3NO/c1-2-3-4-5-6-7-8-20-13-10-11(14(16,17)18)9-12(15)19-13/h9-10H,2-8H2,1H3. The summed E-state index contributed by atoms with van der Waals surface area (Å²) in [6, 6.07) is 1.67. The fourth-order valence-corrected chi connectivity index (χ4v) is 1.97. The summed E-state index contributed by atoms with van der Waals surface area (Å²) in [4.78, 5) is 3.74. The maximum Gasteiger partial charge on any atom is 0.416 e. The Bertz CT molecular complexity index is 410. The number of ether oxygens (including phenoxy) is 1. The van der Waals surface area contributed by atoms with Gasteiger partial charge in [-0.3, -0.25) is 0 Å². The van der Waals surface area contributed by atoms with Crippen molar-refractivity contribution in [1.29, 1.82) is 0 Å². The van der Waals surface area contributed by atoms with Gasteiger partial charge in [-0.15, -0.1) is 0 Å². The Kier molecular flexibility index (Phi) is 7.13. The molecule has 1 aromatic rings. The predicted molar refractivity (Wildman–Crippen MR) is 73.1 cm³/mol. The van der Waals surface area contributed by atoms with Crippen molar-refractivity contribution in [3.05, 3.63) is 22.8 Å². The lowest BCUT2D eigenvalue weighted by molar-refractivity contribution is -0.137. The Balaban J connectivity index is 2.39. The second kappa shape index (κ2) is 8.35. The van der Waals surface area contributed by atoms with E-state index in [1.165, 1.54) is 19.3 Å². The Labute approximate surface area is 122 Å². The van der Waals surface area contributed by atoms with Gasteiger partial charge in [0.25, 0.3) is 0 Å². The van der Waals surface area contributed by atoms with Gasteiger partial charge in [0.15, 0.2) is 0 Å². The van der Waals surface area contributed by atoms with Crippen LogP contribution in [0.15, 0.2) is 12.1 Å². The lowest BCUT2D eigenvalue weighted by Crippen LogP contribution is -2.07. The van der Waals surface area contributed by atoms with Gasteiger partial charge in [0.05, 0.1) is 12.2 Å². The van der Waals surface area contributed by atoms with E-state index in [1.807, 2.05) is 0 Å². The summed E-state index contributed by atoms with van der Waals surface area (Å²) >= 11 is 5.56. The molecule has 0 aliphatic heterocycles. The van der Waals surface area contributed by atoms with Gasteiger partial charge in [0.1, 0.15) is 5.15 Å². The van der Waals surface area contributed by atoms with Crippen LogP contribution in [0.2, 0.25) is 5.15 Å². The van der Waals surface area contributed by atoms with E-state index in [9.17, 15) is 13.2 Å². The average Bonchev–Trinajstić information content (AvgIpc) is 2.36. The molecule has 0 amide bonds. The summed E-state index contributed by atoms with van der Waals surface area (Å²) in [6.07, 6.45) is 2.07. The fourth-order valence-electron chi connectivity index (χ4n) is 1.77. The Morgan fingerprint density at radius 2 is 1.75 bits per heavy atom. The van der Waals surface area contributed by atoms with Gasteiger partial charge in [-0.2, -0.15) is 13.2 Å². The molecular formula is C14H19ClF3NO. The molecule has 0 bridgehead atoms. The van der Waals surface area contributed by atoms with Crippen LogP contribution in [0.5, 0.6) is 5.88 Å². The first-order chi connectivity index (χ1) is 9.43. The van der Waals surface area contributed by atoms with E-state index >= 15 is 0 Å². The van der Waals surface area contributed by atoms with Crippen LogP contribution in [0.1, 0.15) is 51.0 Å². The third-order valence-electron chi connectivity index (χ3n) is 2.85. The van der Waals surface area contributed by atoms with E-state index in [4.69, 9.17) is 16.3 Å². The molecule has 20 heavy (non-hydrogen) atoms. The van der Waals surface area contributed by atoms with Crippen LogP contribution in [0.3, 0.4) is 0 Å². The molecule has 0 spiro atoms. The second-order valence-electron chi connectivity index (χ2n) is 4.63. The van der Waals surface area contributed by atoms with Crippen LogP contribution in [0.25, 0.3) is 0 Å². The average molecular weight is 310 g/mol. The summed E-state index contributed by atoms with van der Waals surface area (Å²) in [5.41, 5.74) is -0.838.